The zero-order chi connectivity index (χ0) is 15.7. The van der Waals surface area contributed by atoms with Crippen molar-refractivity contribution in [2.75, 3.05) is 0 Å². The molecule has 2 saturated carbocycles. The molecule has 118 valence electrons. The summed E-state index contributed by atoms with van der Waals surface area (Å²) in [4.78, 5) is 23.6. The maximum Gasteiger partial charge on any atom is 0.306 e. The molecule has 2 aliphatic carbocycles. The van der Waals surface area contributed by atoms with Gasteiger partial charge in [-0.3, -0.25) is 9.59 Å². The van der Waals surface area contributed by atoms with Crippen molar-refractivity contribution in [1.82, 2.24) is 5.32 Å². The predicted octanol–water partition coefficient (Wildman–Crippen LogP) is 2.62. The highest BCUT2D eigenvalue weighted by Crippen LogP contribution is 2.42. The van der Waals surface area contributed by atoms with Crippen molar-refractivity contribution in [1.29, 1.82) is 0 Å². The van der Waals surface area contributed by atoms with Gasteiger partial charge < -0.3 is 10.4 Å². The van der Waals surface area contributed by atoms with Gasteiger partial charge in [-0.15, -0.1) is 0 Å². The van der Waals surface area contributed by atoms with Gasteiger partial charge >= 0.3 is 5.97 Å². The quantitative estimate of drug-likeness (QED) is 0.898. The van der Waals surface area contributed by atoms with Crippen LogP contribution in [0, 0.1) is 11.7 Å². The van der Waals surface area contributed by atoms with Crippen molar-refractivity contribution in [2.24, 2.45) is 5.92 Å². The fraction of sp³-hybridized carbons (Fsp3) is 0.529. The molecule has 0 spiro atoms. The molecule has 0 atom stereocenters. The number of carboxylic acids is 1. The number of halogens is 1. The van der Waals surface area contributed by atoms with E-state index in [0.29, 0.717) is 12.8 Å². The third-order valence-corrected chi connectivity index (χ3v) is 5.09. The van der Waals surface area contributed by atoms with Crippen LogP contribution in [0.4, 0.5) is 4.39 Å². The van der Waals surface area contributed by atoms with Crippen LogP contribution in [0.25, 0.3) is 0 Å². The van der Waals surface area contributed by atoms with Gasteiger partial charge in [0.25, 0.3) is 0 Å². The lowest BCUT2D eigenvalue weighted by atomic mass is 9.75. The molecule has 0 saturated heterocycles. The maximum atomic E-state index is 13.5. The van der Waals surface area contributed by atoms with Gasteiger partial charge in [0.05, 0.1) is 11.3 Å². The Morgan fingerprint density at radius 3 is 2.50 bits per heavy atom. The Kier molecular flexibility index (Phi) is 3.89. The molecule has 1 aromatic rings. The van der Waals surface area contributed by atoms with Crippen molar-refractivity contribution in [3.63, 3.8) is 0 Å². The summed E-state index contributed by atoms with van der Waals surface area (Å²) in [6.45, 7) is 0. The minimum Gasteiger partial charge on any atom is -0.481 e. The highest BCUT2D eigenvalue weighted by molar-refractivity contribution is 5.89. The monoisotopic (exact) mass is 305 g/mol. The molecule has 0 heterocycles. The van der Waals surface area contributed by atoms with Crippen LogP contribution in [0.3, 0.4) is 0 Å². The topological polar surface area (TPSA) is 66.4 Å². The first-order valence-corrected chi connectivity index (χ1v) is 7.81. The summed E-state index contributed by atoms with van der Waals surface area (Å²) < 4.78 is 13.5. The van der Waals surface area contributed by atoms with Crippen LogP contribution >= 0.6 is 0 Å². The number of carboxylic acid groups (broad SMARTS) is 1. The summed E-state index contributed by atoms with van der Waals surface area (Å²) >= 11 is 0. The van der Waals surface area contributed by atoms with E-state index in [1.807, 2.05) is 6.07 Å². The van der Waals surface area contributed by atoms with Crippen LogP contribution in [-0.4, -0.2) is 23.0 Å². The third-order valence-electron chi connectivity index (χ3n) is 5.09. The smallest absolute Gasteiger partial charge is 0.306 e. The molecule has 22 heavy (non-hydrogen) atoms. The van der Waals surface area contributed by atoms with Crippen LogP contribution in [0.5, 0.6) is 0 Å². The molecule has 4 nitrogen and oxygen atoms in total. The van der Waals surface area contributed by atoms with Crippen LogP contribution in [0.15, 0.2) is 24.3 Å². The van der Waals surface area contributed by atoms with Crippen molar-refractivity contribution in [3.8, 4) is 0 Å². The third kappa shape index (κ3) is 2.60. The molecule has 2 aliphatic rings. The number of nitrogens with one attached hydrogen (secondary N) is 1. The van der Waals surface area contributed by atoms with Gasteiger partial charge in [-0.05, 0) is 43.4 Å². The van der Waals surface area contributed by atoms with E-state index in [4.69, 9.17) is 5.11 Å². The lowest BCUT2D eigenvalue weighted by molar-refractivity contribution is -0.146. The van der Waals surface area contributed by atoms with Crippen LogP contribution in [0.1, 0.15) is 44.1 Å². The van der Waals surface area contributed by atoms with E-state index in [1.165, 1.54) is 12.1 Å². The van der Waals surface area contributed by atoms with E-state index in [-0.39, 0.29) is 23.7 Å². The summed E-state index contributed by atoms with van der Waals surface area (Å²) in [6, 6.07) is 6.22. The first kappa shape index (κ1) is 15.0. The largest absolute Gasteiger partial charge is 0.481 e. The van der Waals surface area contributed by atoms with Crippen LogP contribution in [0.2, 0.25) is 0 Å². The molecule has 0 unspecified atom stereocenters. The fourth-order valence-electron chi connectivity index (χ4n) is 3.67. The number of rotatable bonds is 4. The maximum absolute atomic E-state index is 13.5. The van der Waals surface area contributed by atoms with E-state index in [2.05, 4.69) is 5.32 Å². The van der Waals surface area contributed by atoms with Gasteiger partial charge in [0.2, 0.25) is 5.91 Å². The molecular formula is C17H20FNO3. The number of hydrogen-bond acceptors (Lipinski definition) is 2. The molecule has 1 amide bonds. The molecule has 1 aromatic carbocycles. The Morgan fingerprint density at radius 2 is 1.91 bits per heavy atom. The molecule has 0 aliphatic heterocycles. The molecule has 0 radical (unpaired) electrons. The average Bonchev–Trinajstić information content (AvgIpc) is 2.92. The van der Waals surface area contributed by atoms with Gasteiger partial charge in [-0.25, -0.2) is 4.39 Å². The van der Waals surface area contributed by atoms with E-state index >= 15 is 0 Å². The second-order valence-electron chi connectivity index (χ2n) is 6.48. The summed E-state index contributed by atoms with van der Waals surface area (Å²) in [5, 5.41) is 11.9. The number of benzene rings is 1. The Morgan fingerprint density at radius 1 is 1.23 bits per heavy atom. The minimum absolute atomic E-state index is 0.0698. The molecule has 0 aromatic heterocycles. The summed E-state index contributed by atoms with van der Waals surface area (Å²) in [7, 11) is 0. The number of hydrogen-bond donors (Lipinski definition) is 2. The first-order chi connectivity index (χ1) is 10.5. The van der Waals surface area contributed by atoms with Crippen molar-refractivity contribution in [2.45, 2.75) is 50.0 Å². The van der Waals surface area contributed by atoms with E-state index in [9.17, 15) is 14.0 Å². The second kappa shape index (κ2) is 5.71. The number of carbonyl (C=O) groups excluding carboxylic acids is 1. The molecule has 0 bridgehead atoms. The Hall–Kier alpha value is -1.91. The van der Waals surface area contributed by atoms with Gasteiger partial charge in [0.1, 0.15) is 5.82 Å². The normalized spacial score (nSPS) is 26.2. The first-order valence-electron chi connectivity index (χ1n) is 7.81. The van der Waals surface area contributed by atoms with E-state index in [1.54, 1.807) is 6.07 Å². The number of aliphatic carboxylic acids is 1. The van der Waals surface area contributed by atoms with Crippen molar-refractivity contribution < 1.29 is 19.1 Å². The molecule has 2 N–H and O–H groups in total. The predicted molar refractivity (Wildman–Crippen MR) is 78.8 cm³/mol. The molecule has 5 heteroatoms. The molecule has 2 fully saturated rings. The van der Waals surface area contributed by atoms with E-state index < -0.39 is 11.4 Å². The lowest BCUT2D eigenvalue weighted by Crippen LogP contribution is -2.52. The second-order valence-corrected chi connectivity index (χ2v) is 6.48. The zero-order valence-corrected chi connectivity index (χ0v) is 12.3. The highest BCUT2D eigenvalue weighted by Gasteiger charge is 2.45. The van der Waals surface area contributed by atoms with Crippen LogP contribution in [-0.2, 0) is 15.0 Å². The lowest BCUT2D eigenvalue weighted by Gasteiger charge is -2.37. The van der Waals surface area contributed by atoms with Gasteiger partial charge in [0.15, 0.2) is 0 Å². The zero-order valence-electron chi connectivity index (χ0n) is 12.3. The summed E-state index contributed by atoms with van der Waals surface area (Å²) in [5.74, 6) is -1.55. The minimum atomic E-state index is -0.800. The Bertz CT molecular complexity index is 589. The Labute approximate surface area is 128 Å². The van der Waals surface area contributed by atoms with E-state index in [0.717, 1.165) is 31.2 Å². The fourth-order valence-corrected chi connectivity index (χ4v) is 3.67. The van der Waals surface area contributed by atoms with Crippen molar-refractivity contribution >= 4 is 11.9 Å². The molecule has 3 rings (SSSR count). The van der Waals surface area contributed by atoms with Crippen LogP contribution < -0.4 is 5.32 Å². The van der Waals surface area contributed by atoms with Gasteiger partial charge in [-0.1, -0.05) is 25.0 Å². The average molecular weight is 305 g/mol. The SMILES string of the molecule is O=C(O)C1CC(NC(=O)C2(c3cccc(F)c3)CCCC2)C1. The van der Waals surface area contributed by atoms with Gasteiger partial charge in [-0.2, -0.15) is 0 Å². The summed E-state index contributed by atoms with van der Waals surface area (Å²) in [5.41, 5.74) is 0.0766. The summed E-state index contributed by atoms with van der Waals surface area (Å²) in [6.07, 6.45) is 4.31. The van der Waals surface area contributed by atoms with Gasteiger partial charge in [0, 0.05) is 6.04 Å². The Balaban J connectivity index is 1.74. The standard InChI is InChI=1S/C17H20FNO3/c18-13-5-3-4-12(10-13)17(6-1-2-7-17)16(22)19-14-8-11(9-14)15(20)21/h3-5,10-11,14H,1-2,6-9H2,(H,19,22)(H,20,21). The van der Waals surface area contributed by atoms with Crippen molar-refractivity contribution in [3.05, 3.63) is 35.6 Å². The number of amides is 1. The molecular weight excluding hydrogens is 285 g/mol. The highest BCUT2D eigenvalue weighted by atomic mass is 19.1. The number of carbonyl (C=O) groups is 2.